The van der Waals surface area contributed by atoms with Gasteiger partial charge in [0.15, 0.2) is 0 Å². The first-order valence-electron chi connectivity index (χ1n) is 7.86. The molecule has 0 saturated carbocycles. The Balaban J connectivity index is 1.69. The van der Waals surface area contributed by atoms with Gasteiger partial charge in [-0.15, -0.1) is 0 Å². The summed E-state index contributed by atoms with van der Waals surface area (Å²) in [7, 11) is 1.95. The van der Waals surface area contributed by atoms with Crippen LogP contribution in [-0.4, -0.2) is 43.4 Å². The first kappa shape index (κ1) is 14.3. The number of likely N-dealkylation sites (tertiary alicyclic amines) is 1. The molecule has 2 aromatic heterocycles. The van der Waals surface area contributed by atoms with Crippen LogP contribution in [0.15, 0.2) is 24.9 Å². The first-order valence-corrected chi connectivity index (χ1v) is 7.86. The average molecular weight is 287 g/mol. The molecule has 21 heavy (non-hydrogen) atoms. The van der Waals surface area contributed by atoms with Gasteiger partial charge in [-0.05, 0) is 38.8 Å². The van der Waals surface area contributed by atoms with Crippen LogP contribution < -0.4 is 0 Å². The predicted molar refractivity (Wildman–Crippen MR) is 83.9 cm³/mol. The molecule has 114 valence electrons. The normalized spacial score (nSPS) is 19.0. The van der Waals surface area contributed by atoms with Crippen molar-refractivity contribution in [2.24, 2.45) is 13.0 Å². The number of hydrogen-bond acceptors (Lipinski definition) is 3. The lowest BCUT2D eigenvalue weighted by atomic mass is 9.98. The second kappa shape index (κ2) is 6.02. The Bertz CT molecular complexity index is 577. The van der Waals surface area contributed by atoms with Crippen molar-refractivity contribution in [1.82, 2.24) is 24.2 Å². The van der Waals surface area contributed by atoms with Crippen LogP contribution in [0, 0.1) is 5.92 Å². The van der Waals surface area contributed by atoms with Crippen molar-refractivity contribution in [3.05, 3.63) is 24.9 Å². The van der Waals surface area contributed by atoms with Crippen LogP contribution in [-0.2, 0) is 13.6 Å². The minimum Gasteiger partial charge on any atom is -0.329 e. The highest BCUT2D eigenvalue weighted by molar-refractivity contribution is 5.56. The number of nitrogens with zero attached hydrogens (tertiary/aromatic N) is 5. The highest BCUT2D eigenvalue weighted by Gasteiger charge is 2.21. The smallest absolute Gasteiger partial charge is 0.0951 e. The molecule has 0 aliphatic carbocycles. The molecule has 3 heterocycles. The fourth-order valence-electron chi connectivity index (χ4n) is 3.13. The van der Waals surface area contributed by atoms with Crippen molar-refractivity contribution < 1.29 is 0 Å². The first-order chi connectivity index (χ1) is 10.1. The summed E-state index contributed by atoms with van der Waals surface area (Å²) < 4.78 is 4.09. The van der Waals surface area contributed by atoms with Gasteiger partial charge in [-0.1, -0.05) is 6.92 Å². The van der Waals surface area contributed by atoms with Crippen LogP contribution in [0.4, 0.5) is 0 Å². The summed E-state index contributed by atoms with van der Waals surface area (Å²) in [6.07, 6.45) is 10.5. The van der Waals surface area contributed by atoms with E-state index in [2.05, 4.69) is 33.4 Å². The number of hydrogen-bond donors (Lipinski definition) is 0. The maximum atomic E-state index is 4.33. The summed E-state index contributed by atoms with van der Waals surface area (Å²) in [6, 6.07) is 0.544. The van der Waals surface area contributed by atoms with Gasteiger partial charge < -0.3 is 4.57 Å². The maximum absolute atomic E-state index is 4.33. The molecule has 1 aliphatic rings. The van der Waals surface area contributed by atoms with E-state index in [1.54, 1.807) is 0 Å². The molecule has 0 aromatic carbocycles. The molecule has 3 rings (SSSR count). The molecule has 1 saturated heterocycles. The Morgan fingerprint density at radius 3 is 2.71 bits per heavy atom. The monoisotopic (exact) mass is 287 g/mol. The Morgan fingerprint density at radius 2 is 2.05 bits per heavy atom. The lowest BCUT2D eigenvalue weighted by molar-refractivity contribution is 0.135. The molecule has 0 N–H and O–H groups in total. The Labute approximate surface area is 126 Å². The van der Waals surface area contributed by atoms with Crippen LogP contribution in [0.1, 0.15) is 26.7 Å². The standard InChI is InChI=1S/C16H25N5/c1-13-4-6-20(7-5-13)14(2)10-21-12-17-9-16(21)15-8-18-19(3)11-15/h8-9,11-14H,4-7,10H2,1-3H3. The van der Waals surface area contributed by atoms with Gasteiger partial charge in [-0.25, -0.2) is 4.98 Å². The SMILES string of the molecule is CC1CCN(C(C)Cn2cncc2-c2cnn(C)c2)CC1. The minimum atomic E-state index is 0.544. The summed E-state index contributed by atoms with van der Waals surface area (Å²) >= 11 is 0. The highest BCUT2D eigenvalue weighted by Crippen LogP contribution is 2.21. The van der Waals surface area contributed by atoms with E-state index < -0.39 is 0 Å². The zero-order valence-corrected chi connectivity index (χ0v) is 13.2. The predicted octanol–water partition coefficient (Wildman–Crippen LogP) is 2.40. The highest BCUT2D eigenvalue weighted by atomic mass is 15.2. The van der Waals surface area contributed by atoms with Gasteiger partial charge in [-0.2, -0.15) is 5.10 Å². The second-order valence-electron chi connectivity index (χ2n) is 6.40. The van der Waals surface area contributed by atoms with Crippen LogP contribution in [0.3, 0.4) is 0 Å². The van der Waals surface area contributed by atoms with Crippen molar-refractivity contribution in [2.75, 3.05) is 13.1 Å². The van der Waals surface area contributed by atoms with Crippen molar-refractivity contribution in [3.63, 3.8) is 0 Å². The summed E-state index contributed by atoms with van der Waals surface area (Å²) in [5.74, 6) is 0.882. The molecule has 2 aromatic rings. The second-order valence-corrected chi connectivity index (χ2v) is 6.40. The molecule has 1 atom stereocenters. The Kier molecular flexibility index (Phi) is 4.10. The van der Waals surface area contributed by atoms with Crippen LogP contribution in [0.2, 0.25) is 0 Å². The molecule has 5 nitrogen and oxygen atoms in total. The van der Waals surface area contributed by atoms with E-state index in [0.29, 0.717) is 6.04 Å². The summed E-state index contributed by atoms with van der Waals surface area (Å²) in [5.41, 5.74) is 2.29. The van der Waals surface area contributed by atoms with E-state index in [1.807, 2.05) is 36.6 Å². The molecule has 0 amide bonds. The van der Waals surface area contributed by atoms with E-state index >= 15 is 0 Å². The quantitative estimate of drug-likeness (QED) is 0.867. The third-order valence-corrected chi connectivity index (χ3v) is 4.62. The number of aromatic nitrogens is 4. The number of rotatable bonds is 4. The molecular weight excluding hydrogens is 262 g/mol. The largest absolute Gasteiger partial charge is 0.329 e. The zero-order chi connectivity index (χ0) is 14.8. The third-order valence-electron chi connectivity index (χ3n) is 4.62. The van der Waals surface area contributed by atoms with Crippen molar-refractivity contribution in [2.45, 2.75) is 39.3 Å². The van der Waals surface area contributed by atoms with E-state index in [1.165, 1.54) is 25.9 Å². The zero-order valence-electron chi connectivity index (χ0n) is 13.2. The Morgan fingerprint density at radius 1 is 1.29 bits per heavy atom. The molecular formula is C16H25N5. The fraction of sp³-hybridized carbons (Fsp3) is 0.625. The average Bonchev–Trinajstić information content (AvgIpc) is 3.08. The van der Waals surface area contributed by atoms with Gasteiger partial charge in [0.25, 0.3) is 0 Å². The molecule has 1 unspecified atom stereocenters. The third kappa shape index (κ3) is 3.18. The van der Waals surface area contributed by atoms with E-state index in [0.717, 1.165) is 23.7 Å². The number of piperidine rings is 1. The molecule has 0 spiro atoms. The van der Waals surface area contributed by atoms with Gasteiger partial charge in [0.2, 0.25) is 0 Å². The van der Waals surface area contributed by atoms with E-state index in [-0.39, 0.29) is 0 Å². The lowest BCUT2D eigenvalue weighted by Gasteiger charge is -2.35. The van der Waals surface area contributed by atoms with E-state index in [4.69, 9.17) is 0 Å². The molecule has 0 radical (unpaired) electrons. The summed E-state index contributed by atoms with van der Waals surface area (Å²) in [4.78, 5) is 6.93. The maximum Gasteiger partial charge on any atom is 0.0951 e. The fourth-order valence-corrected chi connectivity index (χ4v) is 3.13. The molecule has 1 aliphatic heterocycles. The van der Waals surface area contributed by atoms with Crippen molar-refractivity contribution in [3.8, 4) is 11.3 Å². The number of imidazole rings is 1. The molecule has 5 heteroatoms. The van der Waals surface area contributed by atoms with Gasteiger partial charge >= 0.3 is 0 Å². The Hall–Kier alpha value is -1.62. The molecule has 0 bridgehead atoms. The van der Waals surface area contributed by atoms with Gasteiger partial charge in [0, 0.05) is 31.4 Å². The van der Waals surface area contributed by atoms with Crippen LogP contribution in [0.25, 0.3) is 11.3 Å². The topological polar surface area (TPSA) is 38.9 Å². The minimum absolute atomic E-state index is 0.544. The van der Waals surface area contributed by atoms with Crippen molar-refractivity contribution >= 4 is 0 Å². The van der Waals surface area contributed by atoms with Crippen LogP contribution in [0.5, 0.6) is 0 Å². The van der Waals surface area contributed by atoms with Crippen molar-refractivity contribution in [1.29, 1.82) is 0 Å². The van der Waals surface area contributed by atoms with Gasteiger partial charge in [0.1, 0.15) is 0 Å². The van der Waals surface area contributed by atoms with Crippen LogP contribution >= 0.6 is 0 Å². The lowest BCUT2D eigenvalue weighted by Crippen LogP contribution is -2.41. The molecule has 1 fully saturated rings. The summed E-state index contributed by atoms with van der Waals surface area (Å²) in [6.45, 7) is 8.11. The summed E-state index contributed by atoms with van der Waals surface area (Å²) in [5, 5.41) is 4.26. The van der Waals surface area contributed by atoms with Gasteiger partial charge in [0.05, 0.1) is 24.4 Å². The van der Waals surface area contributed by atoms with E-state index in [9.17, 15) is 0 Å². The van der Waals surface area contributed by atoms with Gasteiger partial charge in [-0.3, -0.25) is 9.58 Å². The number of aryl methyl sites for hydroxylation is 1.